The van der Waals surface area contributed by atoms with Crippen LogP contribution >= 0.6 is 11.6 Å². The van der Waals surface area contributed by atoms with E-state index in [0.29, 0.717) is 34.2 Å². The van der Waals surface area contributed by atoms with E-state index in [0.717, 1.165) is 49.6 Å². The number of anilines is 1. The van der Waals surface area contributed by atoms with Crippen molar-refractivity contribution >= 4 is 23.1 Å². The highest BCUT2D eigenvalue weighted by molar-refractivity contribution is 6.33. The fourth-order valence-corrected chi connectivity index (χ4v) is 5.61. The van der Waals surface area contributed by atoms with Gasteiger partial charge in [0.2, 0.25) is 0 Å². The molecule has 1 aromatic carbocycles. The van der Waals surface area contributed by atoms with Crippen LogP contribution in [-0.2, 0) is 6.54 Å². The molecule has 33 heavy (non-hydrogen) atoms. The van der Waals surface area contributed by atoms with Gasteiger partial charge in [0.25, 0.3) is 0 Å². The lowest BCUT2D eigenvalue weighted by Gasteiger charge is -2.19. The van der Waals surface area contributed by atoms with Gasteiger partial charge in [-0.2, -0.15) is 0 Å². The maximum absolute atomic E-state index is 13.6. The topological polar surface area (TPSA) is 58.4 Å². The van der Waals surface area contributed by atoms with E-state index in [-0.39, 0.29) is 5.82 Å². The molecule has 3 aromatic heterocycles. The number of hydrogen-bond acceptors (Lipinski definition) is 5. The smallest absolute Gasteiger partial charge is 0.148 e. The first-order chi connectivity index (χ1) is 16.1. The Morgan fingerprint density at radius 2 is 1.88 bits per heavy atom. The summed E-state index contributed by atoms with van der Waals surface area (Å²) in [5.41, 5.74) is 3.25. The molecule has 168 valence electrons. The van der Waals surface area contributed by atoms with Crippen molar-refractivity contribution in [3.8, 4) is 11.3 Å². The molecule has 1 saturated carbocycles. The fraction of sp³-hybridized carbons (Fsp3) is 0.320. The van der Waals surface area contributed by atoms with Crippen LogP contribution in [0, 0.1) is 17.7 Å². The van der Waals surface area contributed by atoms with E-state index in [2.05, 4.69) is 31.0 Å². The first kappa shape index (κ1) is 20.6. The number of hydrogen-bond donors (Lipinski definition) is 1. The molecule has 2 fully saturated rings. The average Bonchev–Trinajstić information content (AvgIpc) is 3.48. The van der Waals surface area contributed by atoms with Crippen molar-refractivity contribution in [2.45, 2.75) is 25.4 Å². The number of fused-ring (bicyclic) bond motifs is 2. The number of aromatic nitrogens is 4. The first-order valence-electron chi connectivity index (χ1n) is 11.3. The second-order valence-electron chi connectivity index (χ2n) is 9.15. The van der Waals surface area contributed by atoms with Crippen LogP contribution in [0.25, 0.3) is 16.9 Å². The molecule has 0 spiro atoms. The summed E-state index contributed by atoms with van der Waals surface area (Å²) in [6.07, 6.45) is 6.44. The van der Waals surface area contributed by atoms with Crippen LogP contribution in [0.4, 0.5) is 10.2 Å². The molecule has 4 aromatic rings. The third-order valence-corrected chi connectivity index (χ3v) is 7.18. The zero-order valence-electron chi connectivity index (χ0n) is 18.0. The Morgan fingerprint density at radius 1 is 1.03 bits per heavy atom. The molecule has 4 heterocycles. The molecule has 0 bridgehead atoms. The minimum Gasteiger partial charge on any atom is -0.366 e. The van der Waals surface area contributed by atoms with Crippen molar-refractivity contribution in [1.82, 2.24) is 24.5 Å². The molecule has 0 amide bonds. The SMILES string of the molecule is Fc1ccc(Cl)c(-c2ccc(NC3C[C@@H]4CN(Cc5cn6ccccc6n5)C[C@@H]4C3)nn2)c1. The van der Waals surface area contributed by atoms with E-state index in [1.165, 1.54) is 18.2 Å². The number of nitrogens with one attached hydrogen (secondary N) is 1. The summed E-state index contributed by atoms with van der Waals surface area (Å²) in [7, 11) is 0. The third-order valence-electron chi connectivity index (χ3n) is 6.85. The molecule has 8 heteroatoms. The molecule has 1 saturated heterocycles. The third kappa shape index (κ3) is 4.18. The highest BCUT2D eigenvalue weighted by Crippen LogP contribution is 2.39. The lowest BCUT2D eigenvalue weighted by molar-refractivity contribution is 0.298. The summed E-state index contributed by atoms with van der Waals surface area (Å²) in [6.45, 7) is 3.13. The van der Waals surface area contributed by atoms with Crippen LogP contribution in [0.3, 0.4) is 0 Å². The van der Waals surface area contributed by atoms with Gasteiger partial charge in [0.1, 0.15) is 17.3 Å². The normalized spacial score (nSPS) is 22.7. The molecule has 2 aliphatic rings. The Balaban J connectivity index is 1.05. The first-order valence-corrected chi connectivity index (χ1v) is 11.7. The maximum atomic E-state index is 13.6. The lowest BCUT2D eigenvalue weighted by Crippen LogP contribution is -2.25. The summed E-state index contributed by atoms with van der Waals surface area (Å²) in [5, 5.41) is 12.6. The van der Waals surface area contributed by atoms with Gasteiger partial charge in [-0.1, -0.05) is 17.7 Å². The van der Waals surface area contributed by atoms with Crippen molar-refractivity contribution in [1.29, 1.82) is 0 Å². The van der Waals surface area contributed by atoms with Gasteiger partial charge < -0.3 is 9.72 Å². The number of rotatable bonds is 5. The van der Waals surface area contributed by atoms with Crippen LogP contribution < -0.4 is 5.32 Å². The lowest BCUT2D eigenvalue weighted by atomic mass is 10.0. The van der Waals surface area contributed by atoms with Crippen molar-refractivity contribution in [2.75, 3.05) is 18.4 Å². The average molecular weight is 463 g/mol. The van der Waals surface area contributed by atoms with E-state index in [1.807, 2.05) is 36.5 Å². The van der Waals surface area contributed by atoms with Crippen molar-refractivity contribution in [2.24, 2.45) is 11.8 Å². The molecule has 1 aliphatic carbocycles. The highest BCUT2D eigenvalue weighted by Gasteiger charge is 2.41. The molecule has 1 aliphatic heterocycles. The quantitative estimate of drug-likeness (QED) is 0.457. The number of likely N-dealkylation sites (tertiary alicyclic amines) is 1. The minimum absolute atomic E-state index is 0.342. The molecular formula is C25H24ClFN6. The van der Waals surface area contributed by atoms with Crippen molar-refractivity contribution in [3.05, 3.63) is 77.5 Å². The van der Waals surface area contributed by atoms with Gasteiger partial charge in [-0.15, -0.1) is 10.2 Å². The van der Waals surface area contributed by atoms with E-state index in [4.69, 9.17) is 16.6 Å². The van der Waals surface area contributed by atoms with Crippen LogP contribution in [0.15, 0.2) is 60.9 Å². The standard InChI is InChI=1S/C25H24ClFN6/c26-22-5-4-18(27)11-21(22)23-6-7-24(31-30-23)28-19-9-16-12-32(13-17(16)10-19)14-20-15-33-8-2-1-3-25(33)29-20/h1-8,11,15-17,19H,9-10,12-14H2,(H,28,31)/t16-,17+,19?. The van der Waals surface area contributed by atoms with E-state index in [1.54, 1.807) is 0 Å². The number of imidazole rings is 1. The molecule has 1 unspecified atom stereocenters. The zero-order valence-corrected chi connectivity index (χ0v) is 18.8. The molecule has 3 atom stereocenters. The van der Waals surface area contributed by atoms with Gasteiger partial charge in [0, 0.05) is 43.6 Å². The van der Waals surface area contributed by atoms with Gasteiger partial charge in [-0.25, -0.2) is 9.37 Å². The summed E-state index contributed by atoms with van der Waals surface area (Å²) in [5.74, 6) is 1.79. The van der Waals surface area contributed by atoms with Gasteiger partial charge in [-0.05, 0) is 67.1 Å². The van der Waals surface area contributed by atoms with E-state index in [9.17, 15) is 4.39 Å². The van der Waals surface area contributed by atoms with E-state index >= 15 is 0 Å². The van der Waals surface area contributed by atoms with Gasteiger partial charge in [-0.3, -0.25) is 4.90 Å². The van der Waals surface area contributed by atoms with Gasteiger partial charge in [0.05, 0.1) is 16.4 Å². The van der Waals surface area contributed by atoms with Crippen molar-refractivity contribution < 1.29 is 4.39 Å². The van der Waals surface area contributed by atoms with E-state index < -0.39 is 0 Å². The maximum Gasteiger partial charge on any atom is 0.148 e. The Bertz CT molecular complexity index is 1240. The number of benzene rings is 1. The highest BCUT2D eigenvalue weighted by atomic mass is 35.5. The van der Waals surface area contributed by atoms with Crippen LogP contribution in [0.2, 0.25) is 5.02 Å². The van der Waals surface area contributed by atoms with Gasteiger partial charge in [0.15, 0.2) is 0 Å². The fourth-order valence-electron chi connectivity index (χ4n) is 5.39. The largest absolute Gasteiger partial charge is 0.366 e. The number of halogens is 2. The molecular weight excluding hydrogens is 439 g/mol. The number of nitrogens with zero attached hydrogens (tertiary/aromatic N) is 5. The Morgan fingerprint density at radius 3 is 2.64 bits per heavy atom. The van der Waals surface area contributed by atoms with Crippen molar-refractivity contribution in [3.63, 3.8) is 0 Å². The summed E-state index contributed by atoms with van der Waals surface area (Å²) >= 11 is 6.19. The van der Waals surface area contributed by atoms with Crippen LogP contribution in [0.1, 0.15) is 18.5 Å². The molecule has 6 rings (SSSR count). The molecule has 1 N–H and O–H groups in total. The Hall–Kier alpha value is -3.03. The Kier molecular flexibility index (Phi) is 5.23. The summed E-state index contributed by atoms with van der Waals surface area (Å²) < 4.78 is 15.7. The van der Waals surface area contributed by atoms with Crippen LogP contribution in [-0.4, -0.2) is 43.6 Å². The summed E-state index contributed by atoms with van der Waals surface area (Å²) in [6, 6.07) is 14.5. The zero-order chi connectivity index (χ0) is 22.4. The van der Waals surface area contributed by atoms with Gasteiger partial charge >= 0.3 is 0 Å². The summed E-state index contributed by atoms with van der Waals surface area (Å²) in [4.78, 5) is 7.28. The second kappa shape index (κ2) is 8.39. The monoisotopic (exact) mass is 462 g/mol. The second-order valence-corrected chi connectivity index (χ2v) is 9.56. The predicted molar refractivity (Wildman–Crippen MR) is 127 cm³/mol. The Labute approximate surface area is 196 Å². The number of pyridine rings is 1. The molecule has 6 nitrogen and oxygen atoms in total. The van der Waals surface area contributed by atoms with Crippen LogP contribution in [0.5, 0.6) is 0 Å². The predicted octanol–water partition coefficient (Wildman–Crippen LogP) is 4.91. The minimum atomic E-state index is -0.342. The molecule has 0 radical (unpaired) electrons.